The summed E-state index contributed by atoms with van der Waals surface area (Å²) >= 11 is 1.49. The average molecular weight is 275 g/mol. The molecule has 0 aromatic heterocycles. The summed E-state index contributed by atoms with van der Waals surface area (Å²) in [4.78, 5) is 22.5. The Morgan fingerprint density at radius 3 is 2.33 bits per heavy atom. The van der Waals surface area contributed by atoms with Gasteiger partial charge >= 0.3 is 5.97 Å². The van der Waals surface area contributed by atoms with Gasteiger partial charge in [0.1, 0.15) is 0 Å². The van der Waals surface area contributed by atoms with Crippen LogP contribution in [-0.2, 0) is 0 Å². The van der Waals surface area contributed by atoms with Crippen LogP contribution in [0.5, 0.6) is 0 Å². The van der Waals surface area contributed by atoms with Crippen molar-refractivity contribution in [2.75, 3.05) is 18.6 Å². The van der Waals surface area contributed by atoms with E-state index >= 15 is 0 Å². The van der Waals surface area contributed by atoms with Crippen molar-refractivity contribution in [1.82, 2.24) is 5.32 Å². The molecule has 1 rings (SSSR count). The van der Waals surface area contributed by atoms with Crippen molar-refractivity contribution in [2.45, 2.75) is 0 Å². The summed E-state index contributed by atoms with van der Waals surface area (Å²) < 4.78 is 25.9. The highest BCUT2D eigenvalue weighted by Gasteiger charge is 2.20. The quantitative estimate of drug-likeness (QED) is 0.804. The first-order valence-corrected chi connectivity index (χ1v) is 6.36. The lowest BCUT2D eigenvalue weighted by Crippen LogP contribution is -2.27. The number of benzene rings is 1. The second-order valence-corrected chi connectivity index (χ2v) is 4.35. The van der Waals surface area contributed by atoms with E-state index in [-0.39, 0.29) is 5.56 Å². The molecule has 1 aromatic rings. The molecule has 0 aliphatic carbocycles. The molecule has 18 heavy (non-hydrogen) atoms. The Bertz CT molecular complexity index is 480. The SMILES string of the molecule is CSCCNC(=O)c1cc(F)c(F)cc1C(=O)O. The van der Waals surface area contributed by atoms with Crippen molar-refractivity contribution >= 4 is 23.6 Å². The van der Waals surface area contributed by atoms with Gasteiger partial charge in [-0.25, -0.2) is 13.6 Å². The molecule has 4 nitrogen and oxygen atoms in total. The van der Waals surface area contributed by atoms with E-state index in [1.807, 2.05) is 6.26 Å². The molecule has 0 spiro atoms. The normalized spacial score (nSPS) is 10.2. The molecule has 0 aliphatic heterocycles. The van der Waals surface area contributed by atoms with Crippen LogP contribution in [0.2, 0.25) is 0 Å². The van der Waals surface area contributed by atoms with Crippen LogP contribution >= 0.6 is 11.8 Å². The first kappa shape index (κ1) is 14.4. The lowest BCUT2D eigenvalue weighted by molar-refractivity contribution is 0.0690. The van der Waals surface area contributed by atoms with E-state index < -0.39 is 29.1 Å². The minimum Gasteiger partial charge on any atom is -0.478 e. The third kappa shape index (κ3) is 3.43. The smallest absolute Gasteiger partial charge is 0.336 e. The van der Waals surface area contributed by atoms with E-state index in [4.69, 9.17) is 5.11 Å². The highest BCUT2D eigenvalue weighted by Crippen LogP contribution is 2.15. The number of carbonyl (C=O) groups is 2. The Labute approximate surface area is 106 Å². The van der Waals surface area contributed by atoms with E-state index in [0.29, 0.717) is 24.4 Å². The Hall–Kier alpha value is -1.63. The van der Waals surface area contributed by atoms with Crippen LogP contribution in [-0.4, -0.2) is 35.5 Å². The van der Waals surface area contributed by atoms with Crippen LogP contribution < -0.4 is 5.32 Å². The number of carboxylic acid groups (broad SMARTS) is 1. The van der Waals surface area contributed by atoms with Crippen molar-refractivity contribution < 1.29 is 23.5 Å². The van der Waals surface area contributed by atoms with Crippen molar-refractivity contribution in [1.29, 1.82) is 0 Å². The van der Waals surface area contributed by atoms with Crippen molar-refractivity contribution in [3.8, 4) is 0 Å². The molecular weight excluding hydrogens is 264 g/mol. The number of hydrogen-bond acceptors (Lipinski definition) is 3. The van der Waals surface area contributed by atoms with Gasteiger partial charge in [-0.1, -0.05) is 0 Å². The van der Waals surface area contributed by atoms with Gasteiger partial charge in [0.05, 0.1) is 11.1 Å². The maximum Gasteiger partial charge on any atom is 0.336 e. The number of halogens is 2. The predicted molar refractivity (Wildman–Crippen MR) is 64.0 cm³/mol. The van der Waals surface area contributed by atoms with Gasteiger partial charge < -0.3 is 10.4 Å². The van der Waals surface area contributed by atoms with E-state index in [2.05, 4.69) is 5.32 Å². The van der Waals surface area contributed by atoms with Gasteiger partial charge in [-0.15, -0.1) is 0 Å². The number of amides is 1. The molecule has 0 saturated heterocycles. The lowest BCUT2D eigenvalue weighted by Gasteiger charge is -2.07. The first-order valence-electron chi connectivity index (χ1n) is 4.96. The molecule has 0 aliphatic rings. The fourth-order valence-electron chi connectivity index (χ4n) is 1.27. The molecule has 2 N–H and O–H groups in total. The van der Waals surface area contributed by atoms with Gasteiger partial charge in [0, 0.05) is 12.3 Å². The van der Waals surface area contributed by atoms with Gasteiger partial charge in [0.2, 0.25) is 0 Å². The number of rotatable bonds is 5. The van der Waals surface area contributed by atoms with Gasteiger partial charge in [-0.2, -0.15) is 11.8 Å². The lowest BCUT2D eigenvalue weighted by atomic mass is 10.1. The number of carboxylic acids is 1. The molecule has 0 atom stereocenters. The zero-order valence-electron chi connectivity index (χ0n) is 9.50. The van der Waals surface area contributed by atoms with Crippen LogP contribution in [0.3, 0.4) is 0 Å². The van der Waals surface area contributed by atoms with Gasteiger partial charge in [0.25, 0.3) is 5.91 Å². The van der Waals surface area contributed by atoms with Crippen LogP contribution in [0.4, 0.5) is 8.78 Å². The van der Waals surface area contributed by atoms with Crippen LogP contribution in [0.15, 0.2) is 12.1 Å². The largest absolute Gasteiger partial charge is 0.478 e. The molecule has 0 radical (unpaired) electrons. The van der Waals surface area contributed by atoms with Crippen molar-refractivity contribution in [3.05, 3.63) is 34.9 Å². The predicted octanol–water partition coefficient (Wildman–Crippen LogP) is 1.76. The summed E-state index contributed by atoms with van der Waals surface area (Å²) in [7, 11) is 0. The van der Waals surface area contributed by atoms with E-state index in [1.54, 1.807) is 0 Å². The van der Waals surface area contributed by atoms with Gasteiger partial charge in [0.15, 0.2) is 11.6 Å². The molecule has 0 fully saturated rings. The second kappa shape index (κ2) is 6.34. The maximum atomic E-state index is 13.0. The second-order valence-electron chi connectivity index (χ2n) is 3.37. The van der Waals surface area contributed by atoms with Crippen LogP contribution in [0, 0.1) is 11.6 Å². The molecule has 98 valence electrons. The van der Waals surface area contributed by atoms with E-state index in [9.17, 15) is 18.4 Å². The number of hydrogen-bond donors (Lipinski definition) is 2. The fraction of sp³-hybridized carbons (Fsp3) is 0.273. The fourth-order valence-corrected chi connectivity index (χ4v) is 1.58. The summed E-state index contributed by atoms with van der Waals surface area (Å²) in [5.41, 5.74) is -0.946. The summed E-state index contributed by atoms with van der Waals surface area (Å²) in [5.74, 6) is -4.13. The van der Waals surface area contributed by atoms with Gasteiger partial charge in [-0.3, -0.25) is 4.79 Å². The first-order chi connectivity index (χ1) is 8.47. The number of aromatic carboxylic acids is 1. The highest BCUT2D eigenvalue weighted by atomic mass is 32.2. The summed E-state index contributed by atoms with van der Waals surface area (Å²) in [5, 5.41) is 11.3. The van der Waals surface area contributed by atoms with E-state index in [1.165, 1.54) is 11.8 Å². The van der Waals surface area contributed by atoms with Crippen molar-refractivity contribution in [3.63, 3.8) is 0 Å². The zero-order chi connectivity index (χ0) is 13.7. The zero-order valence-corrected chi connectivity index (χ0v) is 10.3. The molecule has 7 heteroatoms. The Morgan fingerprint density at radius 2 is 1.83 bits per heavy atom. The Morgan fingerprint density at radius 1 is 1.28 bits per heavy atom. The minimum atomic E-state index is -1.48. The number of carbonyl (C=O) groups excluding carboxylic acids is 1. The average Bonchev–Trinajstić information content (AvgIpc) is 2.32. The maximum absolute atomic E-state index is 13.0. The molecule has 0 bridgehead atoms. The van der Waals surface area contributed by atoms with Gasteiger partial charge in [-0.05, 0) is 18.4 Å². The molecule has 0 heterocycles. The minimum absolute atomic E-state index is 0.318. The Balaban J connectivity index is 3.02. The standard InChI is InChI=1S/C11H11F2NO3S/c1-18-3-2-14-10(15)6-4-8(12)9(13)5-7(6)11(16)17/h4-5H,2-3H2,1H3,(H,14,15)(H,16,17). The van der Waals surface area contributed by atoms with Crippen LogP contribution in [0.25, 0.3) is 0 Å². The Kier molecular flexibility index (Phi) is 5.08. The summed E-state index contributed by atoms with van der Waals surface area (Å²) in [6.45, 7) is 0.318. The molecule has 0 unspecified atom stereocenters. The van der Waals surface area contributed by atoms with E-state index in [0.717, 1.165) is 0 Å². The third-order valence-corrected chi connectivity index (χ3v) is 2.74. The van der Waals surface area contributed by atoms with Crippen LogP contribution in [0.1, 0.15) is 20.7 Å². The topological polar surface area (TPSA) is 66.4 Å². The monoisotopic (exact) mass is 275 g/mol. The molecule has 1 amide bonds. The molecular formula is C11H11F2NO3S. The number of nitrogens with one attached hydrogen (secondary N) is 1. The highest BCUT2D eigenvalue weighted by molar-refractivity contribution is 7.98. The molecule has 1 aromatic carbocycles. The third-order valence-electron chi connectivity index (χ3n) is 2.13. The molecule has 0 saturated carbocycles. The number of thioether (sulfide) groups is 1. The summed E-state index contributed by atoms with van der Waals surface area (Å²) in [6.07, 6.45) is 1.84. The van der Waals surface area contributed by atoms with Crippen molar-refractivity contribution in [2.24, 2.45) is 0 Å². The summed E-state index contributed by atoms with van der Waals surface area (Å²) in [6, 6.07) is 1.09.